The first kappa shape index (κ1) is 21.9. The van der Waals surface area contributed by atoms with Gasteiger partial charge in [-0.2, -0.15) is 0 Å². The van der Waals surface area contributed by atoms with E-state index in [0.29, 0.717) is 22.2 Å². The normalized spacial score (nSPS) is 11.0. The molecule has 0 fully saturated rings. The molecule has 168 valence electrons. The molecule has 0 aliphatic carbocycles. The summed E-state index contributed by atoms with van der Waals surface area (Å²) in [5.74, 6) is -0.317. The number of nitrogens with zero attached hydrogens (tertiary/aromatic N) is 1. The molecule has 0 spiro atoms. The molecule has 0 atom stereocenters. The third-order valence-corrected chi connectivity index (χ3v) is 6.04. The summed E-state index contributed by atoms with van der Waals surface area (Å²) < 4.78 is 24.9. The van der Waals surface area contributed by atoms with E-state index in [-0.39, 0.29) is 17.2 Å². The fraction of sp³-hybridized carbons (Fsp3) is 0.0714. The van der Waals surface area contributed by atoms with Crippen molar-refractivity contribution in [3.63, 3.8) is 0 Å². The zero-order valence-corrected chi connectivity index (χ0v) is 19.0. The third kappa shape index (κ3) is 4.18. The Labute approximate surface area is 200 Å². The molecule has 0 saturated carbocycles. The molecule has 0 aliphatic rings. The van der Waals surface area contributed by atoms with E-state index in [1.165, 1.54) is 12.1 Å². The Bertz CT molecular complexity index is 1530. The number of aromatic nitrogens is 1. The van der Waals surface area contributed by atoms with Gasteiger partial charge < -0.3 is 9.47 Å². The van der Waals surface area contributed by atoms with Crippen LogP contribution < -0.4 is 4.74 Å². The summed E-state index contributed by atoms with van der Waals surface area (Å²) in [6.07, 6.45) is 0. The van der Waals surface area contributed by atoms with Gasteiger partial charge in [0.2, 0.25) is 0 Å². The lowest BCUT2D eigenvalue weighted by atomic mass is 10.0. The molecule has 0 aliphatic heterocycles. The molecule has 0 radical (unpaired) electrons. The second-order valence-electron chi connectivity index (χ2n) is 7.78. The van der Waals surface area contributed by atoms with Crippen LogP contribution in [0.25, 0.3) is 32.9 Å². The molecular weight excluding hydrogens is 453 g/mol. The van der Waals surface area contributed by atoms with E-state index >= 15 is 0 Å². The maximum atomic E-state index is 14.1. The lowest BCUT2D eigenvalue weighted by molar-refractivity contribution is 0.0471. The molecule has 4 aromatic carbocycles. The van der Waals surface area contributed by atoms with Crippen molar-refractivity contribution in [3.8, 4) is 17.0 Å². The number of rotatable bonds is 5. The molecule has 6 heteroatoms. The zero-order chi connectivity index (χ0) is 23.7. The molecule has 5 aromatic rings. The van der Waals surface area contributed by atoms with E-state index in [0.717, 1.165) is 22.1 Å². The van der Waals surface area contributed by atoms with Gasteiger partial charge >= 0.3 is 5.97 Å². The number of hydrogen-bond acceptors (Lipinski definition) is 4. The molecule has 1 heterocycles. The summed E-state index contributed by atoms with van der Waals surface area (Å²) in [6.45, 7) is -0.270. The van der Waals surface area contributed by atoms with Gasteiger partial charge in [0, 0.05) is 16.5 Å². The number of ether oxygens (including phenoxy) is 2. The van der Waals surface area contributed by atoms with Crippen LogP contribution in [0.2, 0.25) is 5.02 Å². The summed E-state index contributed by atoms with van der Waals surface area (Å²) in [5.41, 5.74) is 2.64. The van der Waals surface area contributed by atoms with Gasteiger partial charge in [0.15, 0.2) is 0 Å². The highest BCUT2D eigenvalue weighted by molar-refractivity contribution is 6.31. The van der Waals surface area contributed by atoms with E-state index in [1.54, 1.807) is 19.2 Å². The van der Waals surface area contributed by atoms with Crippen molar-refractivity contribution in [2.75, 3.05) is 7.11 Å². The fourth-order valence-corrected chi connectivity index (χ4v) is 4.11. The number of fused-ring (bicyclic) bond motifs is 2. The quantitative estimate of drug-likeness (QED) is 0.254. The number of benzene rings is 4. The predicted molar refractivity (Wildman–Crippen MR) is 132 cm³/mol. The summed E-state index contributed by atoms with van der Waals surface area (Å²) in [4.78, 5) is 17.9. The van der Waals surface area contributed by atoms with Crippen LogP contribution in [0.15, 0.2) is 84.9 Å². The van der Waals surface area contributed by atoms with Crippen LogP contribution in [-0.4, -0.2) is 18.1 Å². The number of esters is 1. The molecule has 0 bridgehead atoms. The molecule has 0 amide bonds. The van der Waals surface area contributed by atoms with Gasteiger partial charge in [-0.3, -0.25) is 0 Å². The van der Waals surface area contributed by atoms with Crippen molar-refractivity contribution in [2.45, 2.75) is 6.61 Å². The smallest absolute Gasteiger partial charge is 0.339 e. The van der Waals surface area contributed by atoms with E-state index in [2.05, 4.69) is 0 Å². The highest BCUT2D eigenvalue weighted by Crippen LogP contribution is 2.30. The molecule has 0 N–H and O–H groups in total. The Balaban J connectivity index is 1.54. The SMILES string of the molecule is COc1ccc2cc(-c3cc(C(=O)OCc4c(F)cccc4Cl)c4ccccc4n3)ccc2c1. The van der Waals surface area contributed by atoms with Crippen LogP contribution in [0.3, 0.4) is 0 Å². The van der Waals surface area contributed by atoms with E-state index in [9.17, 15) is 9.18 Å². The molecule has 0 unspecified atom stereocenters. The van der Waals surface area contributed by atoms with Gasteiger partial charge in [0.05, 0.1) is 28.9 Å². The van der Waals surface area contributed by atoms with Gasteiger partial charge in [-0.25, -0.2) is 14.2 Å². The number of hydrogen-bond donors (Lipinski definition) is 0. The van der Waals surface area contributed by atoms with Crippen molar-refractivity contribution in [1.82, 2.24) is 4.98 Å². The number of carbonyl (C=O) groups is 1. The first-order chi connectivity index (χ1) is 16.5. The minimum Gasteiger partial charge on any atom is -0.497 e. The van der Waals surface area contributed by atoms with E-state index in [4.69, 9.17) is 26.1 Å². The van der Waals surface area contributed by atoms with Crippen molar-refractivity contribution >= 4 is 39.2 Å². The summed E-state index contributed by atoms with van der Waals surface area (Å²) >= 11 is 6.08. The topological polar surface area (TPSA) is 48.4 Å². The molecule has 0 saturated heterocycles. The van der Waals surface area contributed by atoms with Crippen LogP contribution >= 0.6 is 11.6 Å². The number of halogens is 2. The Kier molecular flexibility index (Phi) is 5.86. The standard InChI is InChI=1S/C28H19ClFNO3/c1-33-20-12-11-17-13-19(10-9-18(17)14-20)27-15-22(21-5-2-3-8-26(21)31-27)28(32)34-16-23-24(29)6-4-7-25(23)30/h2-15H,16H2,1H3. The van der Waals surface area contributed by atoms with Crippen molar-refractivity contribution < 1.29 is 18.7 Å². The first-order valence-corrected chi connectivity index (χ1v) is 11.0. The average molecular weight is 472 g/mol. The number of para-hydroxylation sites is 1. The van der Waals surface area contributed by atoms with E-state index < -0.39 is 11.8 Å². The van der Waals surface area contributed by atoms with Gasteiger partial charge in [0.1, 0.15) is 18.2 Å². The molecular formula is C28H19ClFNO3. The van der Waals surface area contributed by atoms with Gasteiger partial charge in [-0.1, -0.05) is 54.1 Å². The summed E-state index contributed by atoms with van der Waals surface area (Å²) in [6, 6.07) is 25.2. The highest BCUT2D eigenvalue weighted by atomic mass is 35.5. The Morgan fingerprint density at radius 2 is 1.74 bits per heavy atom. The molecule has 34 heavy (non-hydrogen) atoms. The van der Waals surface area contributed by atoms with Crippen LogP contribution in [0.5, 0.6) is 5.75 Å². The van der Waals surface area contributed by atoms with E-state index in [1.807, 2.05) is 60.7 Å². The predicted octanol–water partition coefficient (Wildman–Crippen LogP) is 7.21. The Morgan fingerprint density at radius 1 is 0.941 bits per heavy atom. The zero-order valence-electron chi connectivity index (χ0n) is 18.2. The summed E-state index contributed by atoms with van der Waals surface area (Å²) in [5, 5.41) is 2.92. The van der Waals surface area contributed by atoms with Crippen molar-refractivity contribution in [3.05, 3.63) is 107 Å². The van der Waals surface area contributed by atoms with Crippen molar-refractivity contribution in [2.24, 2.45) is 0 Å². The average Bonchev–Trinajstić information content (AvgIpc) is 2.87. The van der Waals surface area contributed by atoms with Crippen LogP contribution in [0.1, 0.15) is 15.9 Å². The maximum absolute atomic E-state index is 14.1. The van der Waals surface area contributed by atoms with Gasteiger partial charge in [-0.05, 0) is 53.2 Å². The van der Waals surface area contributed by atoms with Gasteiger partial charge in [-0.15, -0.1) is 0 Å². The Morgan fingerprint density at radius 3 is 2.56 bits per heavy atom. The maximum Gasteiger partial charge on any atom is 0.339 e. The van der Waals surface area contributed by atoms with Gasteiger partial charge in [0.25, 0.3) is 0 Å². The minimum atomic E-state index is -0.579. The highest BCUT2D eigenvalue weighted by Gasteiger charge is 2.17. The minimum absolute atomic E-state index is 0.140. The molecule has 5 rings (SSSR count). The second-order valence-corrected chi connectivity index (χ2v) is 8.18. The number of pyridine rings is 1. The monoisotopic (exact) mass is 471 g/mol. The second kappa shape index (κ2) is 9.12. The number of carbonyl (C=O) groups excluding carboxylic acids is 1. The Hall–Kier alpha value is -3.96. The molecule has 1 aromatic heterocycles. The van der Waals surface area contributed by atoms with Crippen molar-refractivity contribution in [1.29, 1.82) is 0 Å². The lowest BCUT2D eigenvalue weighted by Crippen LogP contribution is -2.08. The summed E-state index contributed by atoms with van der Waals surface area (Å²) in [7, 11) is 1.63. The third-order valence-electron chi connectivity index (χ3n) is 5.69. The van der Waals surface area contributed by atoms with Crippen LogP contribution in [-0.2, 0) is 11.3 Å². The van der Waals surface area contributed by atoms with Crippen LogP contribution in [0.4, 0.5) is 4.39 Å². The fourth-order valence-electron chi connectivity index (χ4n) is 3.89. The largest absolute Gasteiger partial charge is 0.497 e. The molecule has 4 nitrogen and oxygen atoms in total. The lowest BCUT2D eigenvalue weighted by Gasteiger charge is -2.12. The first-order valence-electron chi connectivity index (χ1n) is 10.6. The van der Waals surface area contributed by atoms with Crippen LogP contribution in [0, 0.1) is 5.82 Å². The number of methoxy groups -OCH3 is 1.